The SMILES string of the molecule is Cc1cc(NC(=O)Cn2c(=O)c(N(C)C)c(N)n(C)c2=O)no1. The lowest BCUT2D eigenvalue weighted by Gasteiger charge is -2.18. The van der Waals surface area contributed by atoms with Crippen LogP contribution in [0.2, 0.25) is 0 Å². The Morgan fingerprint density at radius 1 is 1.43 bits per heavy atom. The van der Waals surface area contributed by atoms with E-state index in [1.165, 1.54) is 18.0 Å². The maximum Gasteiger partial charge on any atom is 0.332 e. The first kappa shape index (κ1) is 16.3. The van der Waals surface area contributed by atoms with E-state index in [-0.39, 0.29) is 17.3 Å². The van der Waals surface area contributed by atoms with Crippen LogP contribution in [-0.4, -0.2) is 34.3 Å². The van der Waals surface area contributed by atoms with E-state index in [1.54, 1.807) is 21.0 Å². The Hall–Kier alpha value is -3.04. The Morgan fingerprint density at radius 3 is 2.61 bits per heavy atom. The molecular formula is C13H18N6O4. The third-order valence-electron chi connectivity index (χ3n) is 3.21. The number of aryl methyl sites for hydroxylation is 1. The largest absolute Gasteiger partial charge is 0.383 e. The van der Waals surface area contributed by atoms with Gasteiger partial charge in [0.05, 0.1) is 0 Å². The van der Waals surface area contributed by atoms with Gasteiger partial charge in [0.1, 0.15) is 23.8 Å². The van der Waals surface area contributed by atoms with Crippen LogP contribution in [-0.2, 0) is 18.4 Å². The second-order valence-corrected chi connectivity index (χ2v) is 5.23. The summed E-state index contributed by atoms with van der Waals surface area (Å²) in [6.45, 7) is 1.21. The molecule has 0 atom stereocenters. The van der Waals surface area contributed by atoms with E-state index in [9.17, 15) is 14.4 Å². The highest BCUT2D eigenvalue weighted by atomic mass is 16.5. The molecule has 0 aliphatic carbocycles. The molecule has 2 aromatic heterocycles. The number of aromatic nitrogens is 3. The van der Waals surface area contributed by atoms with Crippen molar-refractivity contribution in [2.24, 2.45) is 7.05 Å². The summed E-state index contributed by atoms with van der Waals surface area (Å²) in [6, 6.07) is 1.52. The molecule has 0 bridgehead atoms. The standard InChI is InChI=1S/C13H18N6O4/c1-7-5-8(16-23-7)15-9(20)6-19-12(21)10(17(2)3)11(14)18(4)13(19)22/h5H,6,14H2,1-4H3,(H,15,16,20). The third-order valence-corrected chi connectivity index (χ3v) is 3.21. The van der Waals surface area contributed by atoms with Gasteiger partial charge >= 0.3 is 5.69 Å². The van der Waals surface area contributed by atoms with Crippen LogP contribution < -0.4 is 27.2 Å². The summed E-state index contributed by atoms with van der Waals surface area (Å²) in [5.41, 5.74) is 4.62. The van der Waals surface area contributed by atoms with Gasteiger partial charge in [-0.15, -0.1) is 0 Å². The predicted octanol–water partition coefficient (Wildman–Crippen LogP) is -0.870. The van der Waals surface area contributed by atoms with Gasteiger partial charge in [0.2, 0.25) is 5.91 Å². The first-order chi connectivity index (χ1) is 10.7. The molecule has 10 nitrogen and oxygen atoms in total. The summed E-state index contributed by atoms with van der Waals surface area (Å²) in [7, 11) is 4.68. The monoisotopic (exact) mass is 322 g/mol. The van der Waals surface area contributed by atoms with Crippen molar-refractivity contribution >= 4 is 23.2 Å². The lowest BCUT2D eigenvalue weighted by atomic mass is 10.4. The molecule has 2 heterocycles. The van der Waals surface area contributed by atoms with Crippen molar-refractivity contribution in [1.29, 1.82) is 0 Å². The average Bonchev–Trinajstić information content (AvgIpc) is 2.86. The maximum absolute atomic E-state index is 12.4. The van der Waals surface area contributed by atoms with Crippen molar-refractivity contribution in [3.63, 3.8) is 0 Å². The molecule has 10 heteroatoms. The Morgan fingerprint density at radius 2 is 2.09 bits per heavy atom. The van der Waals surface area contributed by atoms with Crippen LogP contribution in [0.1, 0.15) is 5.76 Å². The predicted molar refractivity (Wildman–Crippen MR) is 84.6 cm³/mol. The number of nitrogen functional groups attached to an aromatic ring is 1. The minimum absolute atomic E-state index is 0.0359. The number of rotatable bonds is 4. The van der Waals surface area contributed by atoms with E-state index >= 15 is 0 Å². The molecule has 2 aromatic rings. The summed E-state index contributed by atoms with van der Waals surface area (Å²) in [4.78, 5) is 38.1. The van der Waals surface area contributed by atoms with E-state index in [1.807, 2.05) is 0 Å². The van der Waals surface area contributed by atoms with E-state index in [4.69, 9.17) is 10.3 Å². The number of carbonyl (C=O) groups is 1. The lowest BCUT2D eigenvalue weighted by Crippen LogP contribution is -2.44. The average molecular weight is 322 g/mol. The van der Waals surface area contributed by atoms with E-state index in [0.717, 1.165) is 9.13 Å². The number of amides is 1. The molecule has 1 amide bonds. The number of nitrogens with zero attached hydrogens (tertiary/aromatic N) is 4. The number of hydrogen-bond donors (Lipinski definition) is 2. The van der Waals surface area contributed by atoms with Crippen molar-refractivity contribution < 1.29 is 9.32 Å². The van der Waals surface area contributed by atoms with Gasteiger partial charge < -0.3 is 20.5 Å². The molecule has 0 aliphatic rings. The van der Waals surface area contributed by atoms with Gasteiger partial charge in [-0.3, -0.25) is 14.2 Å². The summed E-state index contributed by atoms with van der Waals surface area (Å²) >= 11 is 0. The van der Waals surface area contributed by atoms with Crippen LogP contribution in [0.15, 0.2) is 20.2 Å². The Bertz CT molecular complexity index is 860. The number of hydrogen-bond acceptors (Lipinski definition) is 7. The highest BCUT2D eigenvalue weighted by Crippen LogP contribution is 2.12. The van der Waals surface area contributed by atoms with Crippen LogP contribution in [0.4, 0.5) is 17.3 Å². The van der Waals surface area contributed by atoms with Gasteiger partial charge in [0, 0.05) is 27.2 Å². The highest BCUT2D eigenvalue weighted by molar-refractivity contribution is 5.89. The van der Waals surface area contributed by atoms with Crippen molar-refractivity contribution in [2.45, 2.75) is 13.5 Å². The summed E-state index contributed by atoms with van der Waals surface area (Å²) in [5.74, 6) is 0.192. The minimum atomic E-state index is -0.676. The molecule has 0 aromatic carbocycles. The number of carbonyl (C=O) groups excluding carboxylic acids is 1. The van der Waals surface area contributed by atoms with Crippen LogP contribution >= 0.6 is 0 Å². The van der Waals surface area contributed by atoms with E-state index < -0.39 is 23.7 Å². The zero-order chi connectivity index (χ0) is 17.3. The smallest absolute Gasteiger partial charge is 0.332 e. The molecule has 0 radical (unpaired) electrons. The van der Waals surface area contributed by atoms with Gasteiger partial charge in [0.25, 0.3) is 5.56 Å². The second kappa shape index (κ2) is 5.99. The van der Waals surface area contributed by atoms with Gasteiger partial charge in [-0.1, -0.05) is 5.16 Å². The normalized spacial score (nSPS) is 10.6. The minimum Gasteiger partial charge on any atom is -0.383 e. The van der Waals surface area contributed by atoms with Crippen LogP contribution in [0.3, 0.4) is 0 Å². The fraction of sp³-hybridized carbons (Fsp3) is 0.385. The molecule has 0 unspecified atom stereocenters. The molecule has 0 spiro atoms. The number of anilines is 3. The first-order valence-electron chi connectivity index (χ1n) is 6.72. The molecule has 23 heavy (non-hydrogen) atoms. The zero-order valence-electron chi connectivity index (χ0n) is 13.3. The quantitative estimate of drug-likeness (QED) is 0.748. The van der Waals surface area contributed by atoms with Crippen molar-refractivity contribution in [1.82, 2.24) is 14.3 Å². The summed E-state index contributed by atoms with van der Waals surface area (Å²) in [6.07, 6.45) is 0. The molecule has 0 saturated carbocycles. The van der Waals surface area contributed by atoms with Gasteiger partial charge in [-0.2, -0.15) is 0 Å². The fourth-order valence-electron chi connectivity index (χ4n) is 2.08. The maximum atomic E-state index is 12.4. The molecule has 124 valence electrons. The van der Waals surface area contributed by atoms with E-state index in [0.29, 0.717) is 5.76 Å². The Labute approximate surface area is 131 Å². The summed E-state index contributed by atoms with van der Waals surface area (Å²) in [5, 5.41) is 6.07. The second-order valence-electron chi connectivity index (χ2n) is 5.23. The lowest BCUT2D eigenvalue weighted by molar-refractivity contribution is -0.116. The topological polar surface area (TPSA) is 128 Å². The van der Waals surface area contributed by atoms with Gasteiger partial charge in [-0.05, 0) is 6.92 Å². The summed E-state index contributed by atoms with van der Waals surface area (Å²) < 4.78 is 6.75. The van der Waals surface area contributed by atoms with Crippen molar-refractivity contribution in [2.75, 3.05) is 30.0 Å². The van der Waals surface area contributed by atoms with Crippen molar-refractivity contribution in [3.8, 4) is 0 Å². The van der Waals surface area contributed by atoms with E-state index in [2.05, 4.69) is 10.5 Å². The molecule has 0 aliphatic heterocycles. The van der Waals surface area contributed by atoms with Gasteiger partial charge in [0.15, 0.2) is 5.82 Å². The molecule has 0 saturated heterocycles. The first-order valence-corrected chi connectivity index (χ1v) is 6.72. The number of nitrogens with one attached hydrogen (secondary N) is 1. The molecule has 3 N–H and O–H groups in total. The van der Waals surface area contributed by atoms with Crippen LogP contribution in [0.25, 0.3) is 0 Å². The van der Waals surface area contributed by atoms with Crippen molar-refractivity contribution in [3.05, 3.63) is 32.7 Å². The third kappa shape index (κ3) is 3.10. The Balaban J connectivity index is 2.38. The van der Waals surface area contributed by atoms with Gasteiger partial charge in [-0.25, -0.2) is 9.36 Å². The zero-order valence-corrected chi connectivity index (χ0v) is 13.3. The molecule has 0 fully saturated rings. The van der Waals surface area contributed by atoms with Crippen LogP contribution in [0.5, 0.6) is 0 Å². The number of nitrogens with two attached hydrogens (primary N) is 1. The van der Waals surface area contributed by atoms with Crippen LogP contribution in [0, 0.1) is 6.92 Å². The molecule has 2 rings (SSSR count). The molecular weight excluding hydrogens is 304 g/mol. The fourth-order valence-corrected chi connectivity index (χ4v) is 2.08. The Kier molecular flexibility index (Phi) is 4.25. The highest BCUT2D eigenvalue weighted by Gasteiger charge is 2.19.